The summed E-state index contributed by atoms with van der Waals surface area (Å²) in [6.45, 7) is 6.75. The SMILES string of the molecule is CC(C)(C)N(CC(=O)O)CC1Cc2ccccc2O1. The highest BCUT2D eigenvalue weighted by Gasteiger charge is 2.30. The van der Waals surface area contributed by atoms with E-state index in [2.05, 4.69) is 6.07 Å². The van der Waals surface area contributed by atoms with Gasteiger partial charge in [-0.05, 0) is 32.4 Å². The number of hydrogen-bond donors (Lipinski definition) is 1. The van der Waals surface area contributed by atoms with E-state index in [-0.39, 0.29) is 18.2 Å². The van der Waals surface area contributed by atoms with Crippen molar-refractivity contribution in [1.29, 1.82) is 0 Å². The number of ether oxygens (including phenoxy) is 1. The molecule has 0 fully saturated rings. The predicted molar refractivity (Wildman–Crippen MR) is 73.5 cm³/mol. The molecule has 0 saturated heterocycles. The lowest BCUT2D eigenvalue weighted by molar-refractivity contribution is -0.140. The van der Waals surface area contributed by atoms with Crippen molar-refractivity contribution in [3.8, 4) is 5.75 Å². The number of nitrogens with zero attached hydrogens (tertiary/aromatic N) is 1. The topological polar surface area (TPSA) is 49.8 Å². The van der Waals surface area contributed by atoms with Gasteiger partial charge in [0.2, 0.25) is 0 Å². The van der Waals surface area contributed by atoms with Crippen LogP contribution in [0.4, 0.5) is 0 Å². The lowest BCUT2D eigenvalue weighted by atomic mass is 10.0. The zero-order valence-electron chi connectivity index (χ0n) is 11.7. The largest absolute Gasteiger partial charge is 0.488 e. The minimum absolute atomic E-state index is 0.0379. The summed E-state index contributed by atoms with van der Waals surface area (Å²) in [4.78, 5) is 12.9. The molecule has 2 rings (SSSR count). The summed E-state index contributed by atoms with van der Waals surface area (Å²) in [5, 5.41) is 9.01. The van der Waals surface area contributed by atoms with Crippen molar-refractivity contribution in [2.24, 2.45) is 0 Å². The van der Waals surface area contributed by atoms with Gasteiger partial charge in [0.15, 0.2) is 0 Å². The molecule has 1 heterocycles. The van der Waals surface area contributed by atoms with Crippen LogP contribution in [0.1, 0.15) is 26.3 Å². The number of carboxylic acids is 1. The van der Waals surface area contributed by atoms with Crippen LogP contribution < -0.4 is 4.74 Å². The number of rotatable bonds is 4. The molecule has 104 valence electrons. The first-order chi connectivity index (χ1) is 8.86. The summed E-state index contributed by atoms with van der Waals surface area (Å²) in [7, 11) is 0. The van der Waals surface area contributed by atoms with Gasteiger partial charge in [0.1, 0.15) is 11.9 Å². The molecule has 0 aromatic heterocycles. The number of para-hydroxylation sites is 1. The van der Waals surface area contributed by atoms with Crippen LogP contribution in [0.2, 0.25) is 0 Å². The second-order valence-electron chi connectivity index (χ2n) is 6.00. The van der Waals surface area contributed by atoms with Crippen molar-refractivity contribution < 1.29 is 14.6 Å². The molecule has 1 aromatic rings. The third-order valence-electron chi connectivity index (χ3n) is 3.41. The Balaban J connectivity index is 2.02. The molecular weight excluding hydrogens is 242 g/mol. The standard InChI is InChI=1S/C15H21NO3/c1-15(2,3)16(10-14(17)18)9-12-8-11-6-4-5-7-13(11)19-12/h4-7,12H,8-10H2,1-3H3,(H,17,18). The number of aliphatic carboxylic acids is 1. The minimum Gasteiger partial charge on any atom is -0.488 e. The highest BCUT2D eigenvalue weighted by atomic mass is 16.5. The molecule has 0 radical (unpaired) electrons. The molecule has 1 aliphatic rings. The Morgan fingerprint density at radius 1 is 1.42 bits per heavy atom. The Labute approximate surface area is 114 Å². The monoisotopic (exact) mass is 263 g/mol. The molecule has 0 aliphatic carbocycles. The smallest absolute Gasteiger partial charge is 0.317 e. The zero-order chi connectivity index (χ0) is 14.0. The maximum absolute atomic E-state index is 11.0. The summed E-state index contributed by atoms with van der Waals surface area (Å²) < 4.78 is 5.88. The quantitative estimate of drug-likeness (QED) is 0.904. The van der Waals surface area contributed by atoms with Crippen molar-refractivity contribution in [2.45, 2.75) is 38.8 Å². The van der Waals surface area contributed by atoms with E-state index in [1.165, 1.54) is 5.56 Å². The Morgan fingerprint density at radius 2 is 2.11 bits per heavy atom. The Morgan fingerprint density at radius 3 is 2.68 bits per heavy atom. The van der Waals surface area contributed by atoms with Crippen LogP contribution >= 0.6 is 0 Å². The van der Waals surface area contributed by atoms with E-state index < -0.39 is 5.97 Å². The van der Waals surface area contributed by atoms with Crippen molar-refractivity contribution in [3.05, 3.63) is 29.8 Å². The fourth-order valence-corrected chi connectivity index (χ4v) is 2.34. The van der Waals surface area contributed by atoms with Gasteiger partial charge >= 0.3 is 5.97 Å². The van der Waals surface area contributed by atoms with Gasteiger partial charge in [-0.1, -0.05) is 18.2 Å². The van der Waals surface area contributed by atoms with Crippen molar-refractivity contribution in [3.63, 3.8) is 0 Å². The molecule has 1 atom stereocenters. The van der Waals surface area contributed by atoms with Crippen molar-refractivity contribution in [1.82, 2.24) is 4.90 Å². The summed E-state index contributed by atoms with van der Waals surface area (Å²) in [5.41, 5.74) is 1.02. The van der Waals surface area contributed by atoms with Gasteiger partial charge in [-0.25, -0.2) is 0 Å². The van der Waals surface area contributed by atoms with Crippen molar-refractivity contribution in [2.75, 3.05) is 13.1 Å². The summed E-state index contributed by atoms with van der Waals surface area (Å²) in [5.74, 6) is 0.127. The second-order valence-corrected chi connectivity index (χ2v) is 6.00. The summed E-state index contributed by atoms with van der Waals surface area (Å²) >= 11 is 0. The second kappa shape index (κ2) is 5.21. The van der Waals surface area contributed by atoms with Crippen LogP contribution in [-0.2, 0) is 11.2 Å². The van der Waals surface area contributed by atoms with E-state index >= 15 is 0 Å². The van der Waals surface area contributed by atoms with Crippen LogP contribution in [0.25, 0.3) is 0 Å². The molecule has 0 saturated carbocycles. The Hall–Kier alpha value is -1.55. The third-order valence-corrected chi connectivity index (χ3v) is 3.41. The van der Waals surface area contributed by atoms with E-state index in [0.29, 0.717) is 6.54 Å². The lowest BCUT2D eigenvalue weighted by Crippen LogP contribution is -2.48. The molecule has 1 unspecified atom stereocenters. The number of carbonyl (C=O) groups is 1. The minimum atomic E-state index is -0.801. The van der Waals surface area contributed by atoms with E-state index in [4.69, 9.17) is 9.84 Å². The van der Waals surface area contributed by atoms with Crippen molar-refractivity contribution >= 4 is 5.97 Å². The average Bonchev–Trinajstić information content (AvgIpc) is 2.68. The Kier molecular flexibility index (Phi) is 3.80. The highest BCUT2D eigenvalue weighted by molar-refractivity contribution is 5.69. The number of fused-ring (bicyclic) bond motifs is 1. The van der Waals surface area contributed by atoms with Gasteiger partial charge in [0.05, 0.1) is 6.54 Å². The van der Waals surface area contributed by atoms with Gasteiger partial charge in [0, 0.05) is 18.5 Å². The molecule has 0 amide bonds. The van der Waals surface area contributed by atoms with E-state index in [0.717, 1.165) is 12.2 Å². The van der Waals surface area contributed by atoms with Crippen LogP contribution in [0, 0.1) is 0 Å². The highest BCUT2D eigenvalue weighted by Crippen LogP contribution is 2.29. The van der Waals surface area contributed by atoms with Gasteiger partial charge in [-0.15, -0.1) is 0 Å². The summed E-state index contributed by atoms with van der Waals surface area (Å²) in [6.07, 6.45) is 0.888. The zero-order valence-corrected chi connectivity index (χ0v) is 11.7. The molecule has 1 aliphatic heterocycles. The van der Waals surface area contributed by atoms with E-state index in [9.17, 15) is 4.79 Å². The van der Waals surface area contributed by atoms with Crippen LogP contribution in [0.5, 0.6) is 5.75 Å². The summed E-state index contributed by atoms with van der Waals surface area (Å²) in [6, 6.07) is 7.99. The molecular formula is C15H21NO3. The third kappa shape index (κ3) is 3.47. The maximum Gasteiger partial charge on any atom is 0.317 e. The molecule has 1 aromatic carbocycles. The molecule has 0 bridgehead atoms. The fraction of sp³-hybridized carbons (Fsp3) is 0.533. The molecule has 4 heteroatoms. The maximum atomic E-state index is 11.0. The van der Waals surface area contributed by atoms with Crippen LogP contribution in [-0.4, -0.2) is 40.7 Å². The Bertz CT molecular complexity index is 440. The van der Waals surface area contributed by atoms with Gasteiger partial charge in [-0.3, -0.25) is 9.69 Å². The molecule has 4 nitrogen and oxygen atoms in total. The first-order valence-corrected chi connectivity index (χ1v) is 6.57. The van der Waals surface area contributed by atoms with Crippen LogP contribution in [0.15, 0.2) is 24.3 Å². The average molecular weight is 263 g/mol. The lowest BCUT2D eigenvalue weighted by Gasteiger charge is -2.35. The first kappa shape index (κ1) is 13.9. The fourth-order valence-electron chi connectivity index (χ4n) is 2.34. The molecule has 1 N–H and O–H groups in total. The van der Waals surface area contributed by atoms with Gasteiger partial charge in [-0.2, -0.15) is 0 Å². The molecule has 19 heavy (non-hydrogen) atoms. The molecule has 0 spiro atoms. The van der Waals surface area contributed by atoms with Gasteiger partial charge < -0.3 is 9.84 Å². The van der Waals surface area contributed by atoms with E-state index in [1.807, 2.05) is 43.9 Å². The first-order valence-electron chi connectivity index (χ1n) is 6.57. The number of hydrogen-bond acceptors (Lipinski definition) is 3. The number of benzene rings is 1. The normalized spacial score (nSPS) is 18.2. The van der Waals surface area contributed by atoms with Crippen LogP contribution in [0.3, 0.4) is 0 Å². The predicted octanol–water partition coefficient (Wildman–Crippen LogP) is 2.18. The van der Waals surface area contributed by atoms with Gasteiger partial charge in [0.25, 0.3) is 0 Å². The van der Waals surface area contributed by atoms with E-state index in [1.54, 1.807) is 0 Å². The number of carboxylic acid groups (broad SMARTS) is 1.